The minimum Gasteiger partial charge on any atom is -0.274 e. The lowest BCUT2D eigenvalue weighted by molar-refractivity contribution is -0.127. The molecule has 0 saturated carbocycles. The predicted molar refractivity (Wildman–Crippen MR) is 47.4 cm³/mol. The van der Waals surface area contributed by atoms with Gasteiger partial charge in [-0.2, -0.15) is 0 Å². The highest BCUT2D eigenvalue weighted by molar-refractivity contribution is 6.21. The summed E-state index contributed by atoms with van der Waals surface area (Å²) in [6.07, 6.45) is 2.53. The topological polar surface area (TPSA) is 20.3 Å². The summed E-state index contributed by atoms with van der Waals surface area (Å²) >= 11 is 5.69. The molecule has 0 radical (unpaired) electrons. The minimum atomic E-state index is 0.0310. The van der Waals surface area contributed by atoms with Crippen LogP contribution in [0.5, 0.6) is 0 Å². The molecule has 0 rings (SSSR count). The molecule has 0 N–H and O–H groups in total. The average molecular weight is 178 g/mol. The highest BCUT2D eigenvalue weighted by Gasteiger charge is 2.12. The van der Waals surface area contributed by atoms with Gasteiger partial charge >= 0.3 is 0 Å². The van der Waals surface area contributed by atoms with Crippen LogP contribution < -0.4 is 0 Å². The molecule has 0 bridgehead atoms. The van der Waals surface area contributed by atoms with Gasteiger partial charge < -0.3 is 0 Å². The van der Waals surface area contributed by atoms with Gasteiger partial charge in [-0.3, -0.25) is 9.21 Å². The first kappa shape index (κ1) is 10.8. The smallest absolute Gasteiger partial charge is 0.237 e. The predicted octanol–water partition coefficient (Wildman–Crippen LogP) is 2.57. The van der Waals surface area contributed by atoms with E-state index in [1.807, 2.05) is 13.8 Å². The Morgan fingerprint density at radius 2 is 2.09 bits per heavy atom. The Bertz CT molecular complexity index is 125. The van der Waals surface area contributed by atoms with Gasteiger partial charge in [0.25, 0.3) is 0 Å². The standard InChI is InChI=1S/C8H16ClNO/c1-4-5-6-8(11)10(9)7(2)3/h7H,4-6H2,1-3H3. The fraction of sp³-hybridized carbons (Fsp3) is 0.875. The summed E-state index contributed by atoms with van der Waals surface area (Å²) in [7, 11) is 0. The molecule has 0 aromatic carbocycles. The van der Waals surface area contributed by atoms with Crippen molar-refractivity contribution < 1.29 is 4.79 Å². The van der Waals surface area contributed by atoms with Crippen molar-refractivity contribution in [3.05, 3.63) is 0 Å². The minimum absolute atomic E-state index is 0.0310. The van der Waals surface area contributed by atoms with Crippen LogP contribution in [0.3, 0.4) is 0 Å². The molecule has 0 unspecified atom stereocenters. The van der Waals surface area contributed by atoms with Crippen molar-refractivity contribution in [2.24, 2.45) is 0 Å². The maximum atomic E-state index is 11.1. The Morgan fingerprint density at radius 3 is 2.45 bits per heavy atom. The van der Waals surface area contributed by atoms with Crippen molar-refractivity contribution >= 4 is 17.7 Å². The molecule has 2 nitrogen and oxygen atoms in total. The van der Waals surface area contributed by atoms with Crippen LogP contribution in [0.25, 0.3) is 0 Å². The molecule has 3 heteroatoms. The summed E-state index contributed by atoms with van der Waals surface area (Å²) in [5.41, 5.74) is 0. The van der Waals surface area contributed by atoms with Gasteiger partial charge in [0.15, 0.2) is 0 Å². The van der Waals surface area contributed by atoms with Crippen LogP contribution in [-0.4, -0.2) is 16.4 Å². The summed E-state index contributed by atoms with van der Waals surface area (Å²) in [5, 5.41) is 0. The van der Waals surface area contributed by atoms with E-state index in [9.17, 15) is 4.79 Å². The van der Waals surface area contributed by atoms with Crippen molar-refractivity contribution in [3.63, 3.8) is 0 Å². The molecule has 1 amide bonds. The Hall–Kier alpha value is -0.240. The fourth-order valence-electron chi connectivity index (χ4n) is 0.723. The van der Waals surface area contributed by atoms with E-state index in [-0.39, 0.29) is 11.9 Å². The monoisotopic (exact) mass is 177 g/mol. The molecule has 0 saturated heterocycles. The zero-order valence-electron chi connectivity index (χ0n) is 7.43. The molecular weight excluding hydrogens is 162 g/mol. The maximum absolute atomic E-state index is 11.1. The van der Waals surface area contributed by atoms with Crippen molar-refractivity contribution in [1.82, 2.24) is 4.42 Å². The quantitative estimate of drug-likeness (QED) is 0.605. The number of carbonyl (C=O) groups excluding carboxylic acids is 1. The Morgan fingerprint density at radius 1 is 1.55 bits per heavy atom. The van der Waals surface area contributed by atoms with Gasteiger partial charge in [0.2, 0.25) is 5.91 Å². The first-order chi connectivity index (χ1) is 5.09. The molecule has 0 spiro atoms. The largest absolute Gasteiger partial charge is 0.274 e. The molecule has 11 heavy (non-hydrogen) atoms. The molecule has 0 aliphatic rings. The van der Waals surface area contributed by atoms with E-state index in [0.29, 0.717) is 6.42 Å². The molecule has 0 aliphatic heterocycles. The van der Waals surface area contributed by atoms with Crippen LogP contribution in [-0.2, 0) is 4.79 Å². The van der Waals surface area contributed by atoms with Gasteiger partial charge in [-0.05, 0) is 20.3 Å². The van der Waals surface area contributed by atoms with Gasteiger partial charge in [0.05, 0.1) is 0 Å². The zero-order valence-corrected chi connectivity index (χ0v) is 8.19. The fourth-order valence-corrected chi connectivity index (χ4v) is 0.807. The molecule has 0 fully saturated rings. The molecule has 0 aliphatic carbocycles. The van der Waals surface area contributed by atoms with Crippen LogP contribution in [0.1, 0.15) is 40.0 Å². The average Bonchev–Trinajstić information content (AvgIpc) is 1.98. The van der Waals surface area contributed by atoms with E-state index in [1.54, 1.807) is 0 Å². The highest BCUT2D eigenvalue weighted by Crippen LogP contribution is 2.07. The summed E-state index contributed by atoms with van der Waals surface area (Å²) in [6.45, 7) is 5.86. The Kier molecular flexibility index (Phi) is 5.30. The van der Waals surface area contributed by atoms with E-state index in [4.69, 9.17) is 11.8 Å². The molecule has 0 aromatic heterocycles. The number of hydrogen-bond acceptors (Lipinski definition) is 1. The van der Waals surface area contributed by atoms with E-state index in [2.05, 4.69) is 6.92 Å². The zero-order chi connectivity index (χ0) is 8.85. The number of amides is 1. The van der Waals surface area contributed by atoms with Crippen LogP contribution in [0.2, 0.25) is 0 Å². The van der Waals surface area contributed by atoms with Gasteiger partial charge in [-0.15, -0.1) is 0 Å². The Balaban J connectivity index is 3.64. The van der Waals surface area contributed by atoms with Crippen LogP contribution in [0.4, 0.5) is 0 Å². The summed E-state index contributed by atoms with van der Waals surface area (Å²) in [4.78, 5) is 11.1. The lowest BCUT2D eigenvalue weighted by Gasteiger charge is -2.17. The number of halogens is 1. The van der Waals surface area contributed by atoms with Crippen molar-refractivity contribution in [1.29, 1.82) is 0 Å². The van der Waals surface area contributed by atoms with Gasteiger partial charge in [-0.1, -0.05) is 13.3 Å². The maximum Gasteiger partial charge on any atom is 0.237 e. The highest BCUT2D eigenvalue weighted by atomic mass is 35.5. The number of hydrogen-bond donors (Lipinski definition) is 0. The van der Waals surface area contributed by atoms with Crippen LogP contribution >= 0.6 is 11.8 Å². The summed E-state index contributed by atoms with van der Waals surface area (Å²) in [6, 6.07) is 0.0982. The second-order valence-corrected chi connectivity index (χ2v) is 3.27. The molecular formula is C8H16ClNO. The van der Waals surface area contributed by atoms with E-state index in [0.717, 1.165) is 12.8 Å². The summed E-state index contributed by atoms with van der Waals surface area (Å²) < 4.78 is 1.27. The molecule has 0 heterocycles. The number of carbonyl (C=O) groups is 1. The molecule has 0 aromatic rings. The van der Waals surface area contributed by atoms with Gasteiger partial charge in [0.1, 0.15) is 0 Å². The van der Waals surface area contributed by atoms with Crippen LogP contribution in [0, 0.1) is 0 Å². The van der Waals surface area contributed by atoms with E-state index >= 15 is 0 Å². The lowest BCUT2D eigenvalue weighted by atomic mass is 10.2. The summed E-state index contributed by atoms with van der Waals surface area (Å²) in [5.74, 6) is 0.0310. The molecule has 66 valence electrons. The Labute approximate surface area is 73.6 Å². The van der Waals surface area contributed by atoms with Crippen molar-refractivity contribution in [2.45, 2.75) is 46.1 Å². The third-order valence-electron chi connectivity index (χ3n) is 1.44. The second-order valence-electron chi connectivity index (χ2n) is 2.90. The lowest BCUT2D eigenvalue weighted by Crippen LogP contribution is -2.27. The number of unbranched alkanes of at least 4 members (excludes halogenated alkanes) is 1. The first-order valence-electron chi connectivity index (χ1n) is 4.07. The SMILES string of the molecule is CCCCC(=O)N(Cl)C(C)C. The van der Waals surface area contributed by atoms with Gasteiger partial charge in [-0.25, -0.2) is 0 Å². The number of nitrogens with zero attached hydrogens (tertiary/aromatic N) is 1. The number of rotatable bonds is 4. The van der Waals surface area contributed by atoms with Gasteiger partial charge in [0, 0.05) is 24.2 Å². The third-order valence-corrected chi connectivity index (χ3v) is 2.01. The third kappa shape index (κ3) is 4.25. The van der Waals surface area contributed by atoms with Crippen molar-refractivity contribution in [3.8, 4) is 0 Å². The molecule has 0 atom stereocenters. The normalized spacial score (nSPS) is 10.3. The second kappa shape index (κ2) is 5.42. The van der Waals surface area contributed by atoms with Crippen molar-refractivity contribution in [2.75, 3.05) is 0 Å². The van der Waals surface area contributed by atoms with Crippen LogP contribution in [0.15, 0.2) is 0 Å². The first-order valence-corrected chi connectivity index (χ1v) is 4.41. The van der Waals surface area contributed by atoms with E-state index in [1.165, 1.54) is 4.42 Å². The van der Waals surface area contributed by atoms with E-state index < -0.39 is 0 Å².